The first-order chi connectivity index (χ1) is 8.83. The highest BCUT2D eigenvalue weighted by atomic mass is 15.1. The van der Waals surface area contributed by atoms with Crippen LogP contribution < -0.4 is 5.32 Å². The second-order valence-electron chi connectivity index (χ2n) is 4.94. The summed E-state index contributed by atoms with van der Waals surface area (Å²) in [5.41, 5.74) is 3.62. The lowest BCUT2D eigenvalue weighted by atomic mass is 10.1. The molecule has 1 saturated heterocycles. The van der Waals surface area contributed by atoms with Gasteiger partial charge in [0, 0.05) is 36.2 Å². The van der Waals surface area contributed by atoms with Crippen LogP contribution in [0.3, 0.4) is 0 Å². The van der Waals surface area contributed by atoms with Gasteiger partial charge in [0.1, 0.15) is 0 Å². The van der Waals surface area contributed by atoms with Crippen LogP contribution in [0.25, 0.3) is 0 Å². The van der Waals surface area contributed by atoms with Crippen molar-refractivity contribution in [3.05, 3.63) is 47.8 Å². The standard InChI is InChI=1S/C14H18N4/c1-11-2-3-12(6-17-11)9-18-10-16-8-14(18)13-4-5-15-7-13/h2-3,6,8,10,13,15H,4-5,7,9H2,1H3. The van der Waals surface area contributed by atoms with Gasteiger partial charge in [-0.05, 0) is 31.5 Å². The molecule has 1 fully saturated rings. The number of pyridine rings is 1. The maximum absolute atomic E-state index is 4.34. The van der Waals surface area contributed by atoms with Crippen molar-refractivity contribution in [1.29, 1.82) is 0 Å². The number of nitrogens with zero attached hydrogens (tertiary/aromatic N) is 3. The van der Waals surface area contributed by atoms with Crippen LogP contribution >= 0.6 is 0 Å². The molecule has 1 aliphatic rings. The van der Waals surface area contributed by atoms with Gasteiger partial charge in [-0.1, -0.05) is 6.07 Å². The largest absolute Gasteiger partial charge is 0.330 e. The van der Waals surface area contributed by atoms with Crippen molar-refractivity contribution >= 4 is 0 Å². The Morgan fingerprint density at radius 2 is 2.33 bits per heavy atom. The summed E-state index contributed by atoms with van der Waals surface area (Å²) in [6.45, 7) is 5.05. The van der Waals surface area contributed by atoms with Crippen molar-refractivity contribution in [3.63, 3.8) is 0 Å². The number of nitrogens with one attached hydrogen (secondary N) is 1. The van der Waals surface area contributed by atoms with Crippen LogP contribution in [-0.2, 0) is 6.54 Å². The van der Waals surface area contributed by atoms with Crippen LogP contribution in [0.4, 0.5) is 0 Å². The topological polar surface area (TPSA) is 42.7 Å². The van der Waals surface area contributed by atoms with E-state index in [4.69, 9.17) is 0 Å². The SMILES string of the molecule is Cc1ccc(Cn2cncc2C2CCNC2)cn1. The van der Waals surface area contributed by atoms with Crippen LogP contribution in [0.2, 0.25) is 0 Å². The normalized spacial score (nSPS) is 19.3. The van der Waals surface area contributed by atoms with Crippen LogP contribution in [0.1, 0.15) is 29.3 Å². The molecule has 0 bridgehead atoms. The first kappa shape index (κ1) is 11.4. The summed E-state index contributed by atoms with van der Waals surface area (Å²) in [6, 6.07) is 4.20. The number of hydrogen-bond acceptors (Lipinski definition) is 3. The molecule has 0 spiro atoms. The zero-order valence-corrected chi connectivity index (χ0v) is 10.6. The molecule has 2 aromatic rings. The van der Waals surface area contributed by atoms with Gasteiger partial charge in [-0.15, -0.1) is 0 Å². The third-order valence-electron chi connectivity index (χ3n) is 3.55. The molecule has 1 unspecified atom stereocenters. The highest BCUT2D eigenvalue weighted by Crippen LogP contribution is 2.22. The lowest BCUT2D eigenvalue weighted by molar-refractivity contribution is 0.653. The van der Waals surface area contributed by atoms with Crippen molar-refractivity contribution in [2.75, 3.05) is 13.1 Å². The minimum Gasteiger partial charge on any atom is -0.330 e. The third kappa shape index (κ3) is 2.29. The number of aromatic nitrogens is 3. The molecule has 18 heavy (non-hydrogen) atoms. The van der Waals surface area contributed by atoms with Crippen molar-refractivity contribution in [1.82, 2.24) is 19.9 Å². The second-order valence-corrected chi connectivity index (χ2v) is 4.94. The van der Waals surface area contributed by atoms with Crippen LogP contribution in [0, 0.1) is 6.92 Å². The number of imidazole rings is 1. The molecule has 3 rings (SSSR count). The Bertz CT molecular complexity index is 509. The molecule has 1 N–H and O–H groups in total. The number of hydrogen-bond donors (Lipinski definition) is 1. The molecular weight excluding hydrogens is 224 g/mol. The summed E-state index contributed by atoms with van der Waals surface area (Å²) in [5, 5.41) is 3.41. The molecule has 0 aliphatic carbocycles. The zero-order valence-electron chi connectivity index (χ0n) is 10.6. The fourth-order valence-corrected chi connectivity index (χ4v) is 2.50. The lowest BCUT2D eigenvalue weighted by Crippen LogP contribution is -2.12. The molecule has 4 heteroatoms. The van der Waals surface area contributed by atoms with E-state index in [0.29, 0.717) is 5.92 Å². The van der Waals surface area contributed by atoms with Gasteiger partial charge >= 0.3 is 0 Å². The van der Waals surface area contributed by atoms with Crippen LogP contribution in [-0.4, -0.2) is 27.6 Å². The average Bonchev–Trinajstić information content (AvgIpc) is 3.02. The zero-order chi connectivity index (χ0) is 12.4. The molecule has 3 heterocycles. The van der Waals surface area contributed by atoms with E-state index < -0.39 is 0 Å². The van der Waals surface area contributed by atoms with E-state index in [-0.39, 0.29) is 0 Å². The van der Waals surface area contributed by atoms with E-state index in [9.17, 15) is 0 Å². The summed E-state index contributed by atoms with van der Waals surface area (Å²) in [5.74, 6) is 0.603. The molecule has 0 amide bonds. The monoisotopic (exact) mass is 242 g/mol. The number of aryl methyl sites for hydroxylation is 1. The lowest BCUT2D eigenvalue weighted by Gasteiger charge is -2.12. The van der Waals surface area contributed by atoms with E-state index >= 15 is 0 Å². The predicted molar refractivity (Wildman–Crippen MR) is 70.5 cm³/mol. The summed E-state index contributed by atoms with van der Waals surface area (Å²) < 4.78 is 2.24. The van der Waals surface area contributed by atoms with Crippen LogP contribution in [0.15, 0.2) is 30.9 Å². The first-order valence-electron chi connectivity index (χ1n) is 6.45. The summed E-state index contributed by atoms with van der Waals surface area (Å²) in [4.78, 5) is 8.64. The average molecular weight is 242 g/mol. The van der Waals surface area contributed by atoms with Gasteiger partial charge < -0.3 is 9.88 Å². The molecule has 94 valence electrons. The summed E-state index contributed by atoms with van der Waals surface area (Å²) >= 11 is 0. The highest BCUT2D eigenvalue weighted by molar-refractivity contribution is 5.16. The van der Waals surface area contributed by atoms with E-state index in [0.717, 1.165) is 25.3 Å². The van der Waals surface area contributed by atoms with Crippen molar-refractivity contribution in [2.45, 2.75) is 25.8 Å². The van der Waals surface area contributed by atoms with Crippen molar-refractivity contribution < 1.29 is 0 Å². The Kier molecular flexibility index (Phi) is 3.11. The first-order valence-corrected chi connectivity index (χ1v) is 6.45. The quantitative estimate of drug-likeness (QED) is 0.891. The smallest absolute Gasteiger partial charge is 0.0951 e. The van der Waals surface area contributed by atoms with Gasteiger partial charge in [-0.3, -0.25) is 4.98 Å². The third-order valence-corrected chi connectivity index (χ3v) is 3.55. The molecule has 0 aromatic carbocycles. The molecule has 0 saturated carbocycles. The van der Waals surface area contributed by atoms with E-state index in [1.165, 1.54) is 17.7 Å². The molecule has 1 atom stereocenters. The molecule has 4 nitrogen and oxygen atoms in total. The molecule has 1 aliphatic heterocycles. The van der Waals surface area contributed by atoms with Gasteiger partial charge in [0.05, 0.1) is 12.9 Å². The van der Waals surface area contributed by atoms with Gasteiger partial charge in [0.15, 0.2) is 0 Å². The van der Waals surface area contributed by atoms with E-state index in [1.807, 2.05) is 25.6 Å². The van der Waals surface area contributed by atoms with Crippen molar-refractivity contribution in [3.8, 4) is 0 Å². The molecule has 2 aromatic heterocycles. The van der Waals surface area contributed by atoms with Gasteiger partial charge in [0.2, 0.25) is 0 Å². The minimum atomic E-state index is 0.603. The fraction of sp³-hybridized carbons (Fsp3) is 0.429. The Labute approximate surface area is 107 Å². The number of rotatable bonds is 3. The van der Waals surface area contributed by atoms with Crippen LogP contribution in [0.5, 0.6) is 0 Å². The predicted octanol–water partition coefficient (Wildman–Crippen LogP) is 1.71. The fourth-order valence-electron chi connectivity index (χ4n) is 2.50. The van der Waals surface area contributed by atoms with E-state index in [2.05, 4.69) is 32.0 Å². The summed E-state index contributed by atoms with van der Waals surface area (Å²) in [7, 11) is 0. The summed E-state index contributed by atoms with van der Waals surface area (Å²) in [6.07, 6.45) is 7.08. The Hall–Kier alpha value is -1.68. The van der Waals surface area contributed by atoms with Crippen molar-refractivity contribution in [2.24, 2.45) is 0 Å². The molecular formula is C14H18N4. The van der Waals surface area contributed by atoms with Gasteiger partial charge in [0.25, 0.3) is 0 Å². The molecule has 0 radical (unpaired) electrons. The Morgan fingerprint density at radius 3 is 3.06 bits per heavy atom. The second kappa shape index (κ2) is 4.90. The maximum Gasteiger partial charge on any atom is 0.0951 e. The van der Waals surface area contributed by atoms with Gasteiger partial charge in [-0.2, -0.15) is 0 Å². The highest BCUT2D eigenvalue weighted by Gasteiger charge is 2.19. The maximum atomic E-state index is 4.34. The Morgan fingerprint density at radius 1 is 1.39 bits per heavy atom. The van der Waals surface area contributed by atoms with E-state index in [1.54, 1.807) is 0 Å². The Balaban J connectivity index is 1.80. The minimum absolute atomic E-state index is 0.603. The van der Waals surface area contributed by atoms with Gasteiger partial charge in [-0.25, -0.2) is 4.98 Å².